The molecule has 0 aliphatic rings. The van der Waals surface area contributed by atoms with Crippen LogP contribution in [-0.2, 0) is 0 Å². The number of rotatable bonds is 3. The highest BCUT2D eigenvalue weighted by molar-refractivity contribution is 7.99. The second-order valence-corrected chi connectivity index (χ2v) is 3.84. The lowest BCUT2D eigenvalue weighted by molar-refractivity contribution is -0.105. The van der Waals surface area contributed by atoms with Crippen LogP contribution in [0.5, 0.6) is 0 Å². The van der Waals surface area contributed by atoms with Gasteiger partial charge in [0.25, 0.3) is 0 Å². The fourth-order valence-electron chi connectivity index (χ4n) is 0.904. The summed E-state index contributed by atoms with van der Waals surface area (Å²) in [5.41, 5.74) is 5.20. The molecule has 0 radical (unpaired) electrons. The summed E-state index contributed by atoms with van der Waals surface area (Å²) in [6, 6.07) is 5.81. The van der Waals surface area contributed by atoms with Gasteiger partial charge in [-0.25, -0.2) is 0 Å². The summed E-state index contributed by atoms with van der Waals surface area (Å²) >= 11 is 0.626. The molecule has 0 aromatic heterocycles. The number of primary amides is 1. The highest BCUT2D eigenvalue weighted by Gasteiger charge is 2.27. The highest BCUT2D eigenvalue weighted by Crippen LogP contribution is 2.27. The maximum Gasteiger partial charge on any atom is 0.398 e. The summed E-state index contributed by atoms with van der Waals surface area (Å²) in [4.78, 5) is 11.1. The van der Waals surface area contributed by atoms with E-state index in [1.807, 2.05) is 0 Å². The van der Waals surface area contributed by atoms with Crippen LogP contribution >= 0.6 is 11.8 Å². The van der Waals surface area contributed by atoms with Gasteiger partial charge >= 0.3 is 6.18 Å². The van der Waals surface area contributed by atoms with Crippen molar-refractivity contribution < 1.29 is 18.0 Å². The first-order chi connectivity index (χ1) is 6.88. The molecule has 6 heteroatoms. The molecule has 0 spiro atoms. The van der Waals surface area contributed by atoms with E-state index in [0.717, 1.165) is 0 Å². The molecule has 1 aromatic carbocycles. The molecule has 1 rings (SSSR count). The van der Waals surface area contributed by atoms with Gasteiger partial charge < -0.3 is 5.73 Å². The van der Waals surface area contributed by atoms with E-state index >= 15 is 0 Å². The molecule has 0 bridgehead atoms. The molecule has 2 nitrogen and oxygen atoms in total. The van der Waals surface area contributed by atoms with E-state index in [0.29, 0.717) is 16.7 Å². The molecular weight excluding hydrogens is 227 g/mol. The Morgan fingerprint density at radius 2 is 2.07 bits per heavy atom. The second kappa shape index (κ2) is 4.57. The summed E-state index contributed by atoms with van der Waals surface area (Å²) in [7, 11) is 0. The minimum absolute atomic E-state index is 0.210. The van der Waals surface area contributed by atoms with Gasteiger partial charge in [-0.1, -0.05) is 6.07 Å². The Labute approximate surface area is 88.6 Å². The molecule has 0 aliphatic heterocycles. The predicted molar refractivity (Wildman–Crippen MR) is 51.7 cm³/mol. The van der Waals surface area contributed by atoms with Crippen LogP contribution in [0.4, 0.5) is 13.2 Å². The van der Waals surface area contributed by atoms with Gasteiger partial charge in [0.1, 0.15) is 0 Å². The van der Waals surface area contributed by atoms with Crippen molar-refractivity contribution in [1.82, 2.24) is 0 Å². The predicted octanol–water partition coefficient (Wildman–Crippen LogP) is 2.44. The maximum atomic E-state index is 11.9. The number of hydrogen-bond acceptors (Lipinski definition) is 2. The Morgan fingerprint density at radius 3 is 2.60 bits per heavy atom. The number of thioether (sulfide) groups is 1. The molecular formula is C9H8F3NOS. The minimum Gasteiger partial charge on any atom is -0.366 e. The van der Waals surface area contributed by atoms with E-state index in [-0.39, 0.29) is 5.56 Å². The van der Waals surface area contributed by atoms with Gasteiger partial charge in [-0.05, 0) is 18.2 Å². The largest absolute Gasteiger partial charge is 0.398 e. The van der Waals surface area contributed by atoms with Crippen LogP contribution in [0.3, 0.4) is 0 Å². The van der Waals surface area contributed by atoms with E-state index in [1.165, 1.54) is 24.3 Å². The fraction of sp³-hybridized carbons (Fsp3) is 0.222. The van der Waals surface area contributed by atoms with Gasteiger partial charge in [0.15, 0.2) is 0 Å². The van der Waals surface area contributed by atoms with E-state index in [1.54, 1.807) is 0 Å². The molecule has 0 fully saturated rings. The van der Waals surface area contributed by atoms with Gasteiger partial charge in [0.2, 0.25) is 5.91 Å². The van der Waals surface area contributed by atoms with Crippen molar-refractivity contribution in [2.24, 2.45) is 5.73 Å². The molecule has 0 saturated heterocycles. The number of alkyl halides is 3. The SMILES string of the molecule is NC(=O)c1cccc(SCC(F)(F)F)c1. The normalized spacial score (nSPS) is 11.4. The van der Waals surface area contributed by atoms with Crippen molar-refractivity contribution >= 4 is 17.7 Å². The van der Waals surface area contributed by atoms with Crippen LogP contribution in [0, 0.1) is 0 Å². The number of halogens is 3. The van der Waals surface area contributed by atoms with Crippen molar-refractivity contribution in [2.45, 2.75) is 11.1 Å². The van der Waals surface area contributed by atoms with Gasteiger partial charge in [0, 0.05) is 10.5 Å². The Balaban J connectivity index is 2.70. The third kappa shape index (κ3) is 4.24. The Bertz CT molecular complexity index is 365. The van der Waals surface area contributed by atoms with Crippen LogP contribution in [-0.4, -0.2) is 17.8 Å². The molecule has 0 unspecified atom stereocenters. The number of benzene rings is 1. The van der Waals surface area contributed by atoms with Crippen LogP contribution in [0.25, 0.3) is 0 Å². The molecule has 1 aromatic rings. The number of amides is 1. The lowest BCUT2D eigenvalue weighted by Crippen LogP contribution is -2.12. The summed E-state index contributed by atoms with van der Waals surface area (Å²) < 4.78 is 35.7. The van der Waals surface area contributed by atoms with Crippen molar-refractivity contribution in [3.63, 3.8) is 0 Å². The zero-order valence-electron chi connectivity index (χ0n) is 7.54. The zero-order valence-corrected chi connectivity index (χ0v) is 8.36. The fourth-order valence-corrected chi connectivity index (χ4v) is 1.62. The summed E-state index contributed by atoms with van der Waals surface area (Å²) in [5.74, 6) is -1.63. The van der Waals surface area contributed by atoms with Crippen LogP contribution in [0.15, 0.2) is 29.2 Å². The van der Waals surface area contributed by atoms with Gasteiger partial charge in [-0.15, -0.1) is 11.8 Å². The monoisotopic (exact) mass is 235 g/mol. The molecule has 0 saturated carbocycles. The minimum atomic E-state index is -4.21. The molecule has 1 amide bonds. The number of hydrogen-bond donors (Lipinski definition) is 1. The average molecular weight is 235 g/mol. The molecule has 0 aliphatic carbocycles. The van der Waals surface area contributed by atoms with Gasteiger partial charge in [-0.2, -0.15) is 13.2 Å². The average Bonchev–Trinajstić information content (AvgIpc) is 2.14. The van der Waals surface area contributed by atoms with E-state index in [2.05, 4.69) is 0 Å². The smallest absolute Gasteiger partial charge is 0.366 e. The van der Waals surface area contributed by atoms with Crippen LogP contribution in [0.2, 0.25) is 0 Å². The highest BCUT2D eigenvalue weighted by atomic mass is 32.2. The topological polar surface area (TPSA) is 43.1 Å². The summed E-state index contributed by atoms with van der Waals surface area (Å²) in [6.45, 7) is 0. The first-order valence-corrected chi connectivity index (χ1v) is 4.96. The lowest BCUT2D eigenvalue weighted by atomic mass is 10.2. The number of carbonyl (C=O) groups is 1. The number of nitrogens with two attached hydrogens (primary N) is 1. The number of carbonyl (C=O) groups excluding carboxylic acids is 1. The third-order valence-electron chi connectivity index (χ3n) is 1.52. The van der Waals surface area contributed by atoms with E-state index in [4.69, 9.17) is 5.73 Å². The first-order valence-electron chi connectivity index (χ1n) is 3.98. The summed E-state index contributed by atoms with van der Waals surface area (Å²) in [6.07, 6.45) is -4.21. The van der Waals surface area contributed by atoms with Crippen molar-refractivity contribution in [3.05, 3.63) is 29.8 Å². The van der Waals surface area contributed by atoms with Gasteiger partial charge in [0.05, 0.1) is 5.75 Å². The summed E-state index contributed by atoms with van der Waals surface area (Å²) in [5, 5.41) is 0. The zero-order chi connectivity index (χ0) is 11.5. The molecule has 82 valence electrons. The van der Waals surface area contributed by atoms with Crippen LogP contribution in [0.1, 0.15) is 10.4 Å². The first kappa shape index (κ1) is 11.9. The molecule has 2 N–H and O–H groups in total. The third-order valence-corrected chi connectivity index (χ3v) is 2.58. The standard InChI is InChI=1S/C9H8F3NOS/c10-9(11,12)5-15-7-3-1-2-6(4-7)8(13)14/h1-4H,5H2,(H2,13,14). The maximum absolute atomic E-state index is 11.9. The van der Waals surface area contributed by atoms with Gasteiger partial charge in [-0.3, -0.25) is 4.79 Å². The molecule has 0 atom stereocenters. The Morgan fingerprint density at radius 1 is 1.40 bits per heavy atom. The quantitative estimate of drug-likeness (QED) is 0.818. The molecule has 15 heavy (non-hydrogen) atoms. The van der Waals surface area contributed by atoms with E-state index < -0.39 is 17.8 Å². The lowest BCUT2D eigenvalue weighted by Gasteiger charge is -2.06. The van der Waals surface area contributed by atoms with Crippen molar-refractivity contribution in [2.75, 3.05) is 5.75 Å². The van der Waals surface area contributed by atoms with E-state index in [9.17, 15) is 18.0 Å². The van der Waals surface area contributed by atoms with Crippen LogP contribution < -0.4 is 5.73 Å². The molecule has 0 heterocycles. The second-order valence-electron chi connectivity index (χ2n) is 2.80. The van der Waals surface area contributed by atoms with Crippen molar-refractivity contribution in [1.29, 1.82) is 0 Å². The van der Waals surface area contributed by atoms with Crippen molar-refractivity contribution in [3.8, 4) is 0 Å². The Kier molecular flexibility index (Phi) is 3.62. The Hall–Kier alpha value is -1.17.